The summed E-state index contributed by atoms with van der Waals surface area (Å²) in [5.41, 5.74) is 0. The van der Waals surface area contributed by atoms with E-state index in [1.54, 1.807) is 0 Å². The molecular formula is C4H8Co. The van der Waals surface area contributed by atoms with Gasteiger partial charge in [0.2, 0.25) is 0 Å². The van der Waals surface area contributed by atoms with Crippen molar-refractivity contribution in [2.45, 2.75) is 0 Å². The molecule has 0 nitrogen and oxygen atoms in total. The van der Waals surface area contributed by atoms with Gasteiger partial charge in [-0.05, 0) is 0 Å². The van der Waals surface area contributed by atoms with Crippen molar-refractivity contribution in [2.24, 2.45) is 0 Å². The summed E-state index contributed by atoms with van der Waals surface area (Å²) in [6.45, 7) is 12.0. The van der Waals surface area contributed by atoms with Crippen LogP contribution in [-0.4, -0.2) is 0 Å². The van der Waals surface area contributed by atoms with Gasteiger partial charge in [-0.2, -0.15) is 0 Å². The van der Waals surface area contributed by atoms with Crippen LogP contribution in [0.15, 0.2) is 26.3 Å². The smallest absolute Gasteiger partial charge is 0 e. The number of rotatable bonds is 0. The fraction of sp³-hybridized carbons (Fsp3) is 0. The molecular weight excluding hydrogens is 107 g/mol. The van der Waals surface area contributed by atoms with E-state index >= 15 is 0 Å². The van der Waals surface area contributed by atoms with E-state index < -0.39 is 0 Å². The van der Waals surface area contributed by atoms with E-state index in [9.17, 15) is 0 Å². The molecule has 0 amide bonds. The van der Waals surface area contributed by atoms with Gasteiger partial charge >= 0.3 is 0 Å². The maximum absolute atomic E-state index is 3.00. The molecule has 0 atom stereocenters. The molecule has 0 bridgehead atoms. The van der Waals surface area contributed by atoms with Crippen molar-refractivity contribution < 1.29 is 16.8 Å². The average molecular weight is 115 g/mol. The first kappa shape index (κ1) is 20.1. The Morgan fingerprint density at radius 2 is 0.600 bits per heavy atom. The topological polar surface area (TPSA) is 0 Å². The minimum atomic E-state index is 0. The number of hydrogen-bond acceptors (Lipinski definition) is 0. The third-order valence-electron chi connectivity index (χ3n) is 0. The maximum atomic E-state index is 3.00. The third kappa shape index (κ3) is 86200. The molecule has 0 aliphatic rings. The summed E-state index contributed by atoms with van der Waals surface area (Å²) >= 11 is 0. The van der Waals surface area contributed by atoms with Crippen LogP contribution >= 0.6 is 0 Å². The molecule has 0 aromatic heterocycles. The van der Waals surface area contributed by atoms with E-state index in [-0.39, 0.29) is 16.8 Å². The minimum absolute atomic E-state index is 0. The molecule has 0 spiro atoms. The third-order valence-corrected chi connectivity index (χ3v) is 0. The Morgan fingerprint density at radius 1 is 0.600 bits per heavy atom. The van der Waals surface area contributed by atoms with E-state index in [2.05, 4.69) is 26.3 Å². The van der Waals surface area contributed by atoms with E-state index in [0.29, 0.717) is 0 Å². The summed E-state index contributed by atoms with van der Waals surface area (Å²) in [5, 5.41) is 0. The van der Waals surface area contributed by atoms with Crippen molar-refractivity contribution in [1.29, 1.82) is 0 Å². The largest absolute Gasteiger partial charge is 0.106 e. The van der Waals surface area contributed by atoms with Crippen LogP contribution in [0.4, 0.5) is 0 Å². The van der Waals surface area contributed by atoms with Gasteiger partial charge in [0.05, 0.1) is 0 Å². The fourth-order valence-electron chi connectivity index (χ4n) is 0. The normalized spacial score (nSPS) is 1.60. The predicted octanol–water partition coefficient (Wildman–Crippen LogP) is 1.60. The van der Waals surface area contributed by atoms with Crippen LogP contribution in [0.5, 0.6) is 0 Å². The average Bonchev–Trinajstić information content (AvgIpc) is 1.50. The molecule has 0 saturated heterocycles. The summed E-state index contributed by atoms with van der Waals surface area (Å²) in [7, 11) is 0. The molecule has 0 N–H and O–H groups in total. The van der Waals surface area contributed by atoms with Crippen LogP contribution in [-0.2, 0) is 16.8 Å². The summed E-state index contributed by atoms with van der Waals surface area (Å²) in [6, 6.07) is 0. The molecule has 0 unspecified atom stereocenters. The minimum Gasteiger partial charge on any atom is -0.106 e. The van der Waals surface area contributed by atoms with Crippen molar-refractivity contribution in [1.82, 2.24) is 0 Å². The van der Waals surface area contributed by atoms with Crippen LogP contribution < -0.4 is 0 Å². The zero-order valence-electron chi connectivity index (χ0n) is 3.16. The van der Waals surface area contributed by atoms with Gasteiger partial charge in [-0.3, -0.25) is 0 Å². The van der Waals surface area contributed by atoms with Crippen LogP contribution in [0.25, 0.3) is 0 Å². The molecule has 1 heteroatoms. The van der Waals surface area contributed by atoms with Gasteiger partial charge in [-0.25, -0.2) is 0 Å². The van der Waals surface area contributed by atoms with Crippen molar-refractivity contribution in [3.05, 3.63) is 26.3 Å². The Bertz CT molecular complexity index is 5.61. The Kier molecular flexibility index (Phi) is 783000. The molecule has 5 heavy (non-hydrogen) atoms. The molecule has 1 radical (unpaired) electrons. The molecule has 0 aromatic rings. The summed E-state index contributed by atoms with van der Waals surface area (Å²) in [5.74, 6) is 0. The Hall–Kier alpha value is -0.0135. The van der Waals surface area contributed by atoms with Gasteiger partial charge in [0, 0.05) is 16.8 Å². The van der Waals surface area contributed by atoms with Crippen LogP contribution in [0.3, 0.4) is 0 Å². The molecule has 0 aliphatic carbocycles. The predicted molar refractivity (Wildman–Crippen MR) is 22.5 cm³/mol. The van der Waals surface area contributed by atoms with Crippen molar-refractivity contribution in [3.63, 3.8) is 0 Å². The second kappa shape index (κ2) is 195000. The zero-order valence-corrected chi connectivity index (χ0v) is 4.20. The SMILES string of the molecule is C=C.C=C.[Co]. The van der Waals surface area contributed by atoms with Gasteiger partial charge in [-0.1, -0.05) is 0 Å². The Morgan fingerprint density at radius 3 is 0.600 bits per heavy atom. The molecule has 0 heterocycles. The maximum Gasteiger partial charge on any atom is 0 e. The first-order valence-corrected chi connectivity index (χ1v) is 1.000. The molecule has 33 valence electrons. The van der Waals surface area contributed by atoms with E-state index in [1.165, 1.54) is 0 Å². The summed E-state index contributed by atoms with van der Waals surface area (Å²) < 4.78 is 0. The van der Waals surface area contributed by atoms with Crippen molar-refractivity contribution in [2.75, 3.05) is 0 Å². The van der Waals surface area contributed by atoms with Gasteiger partial charge in [0.15, 0.2) is 0 Å². The van der Waals surface area contributed by atoms with Gasteiger partial charge in [-0.15, -0.1) is 26.3 Å². The number of hydrogen-bond donors (Lipinski definition) is 0. The van der Waals surface area contributed by atoms with Crippen LogP contribution in [0.1, 0.15) is 0 Å². The van der Waals surface area contributed by atoms with Crippen LogP contribution in [0, 0.1) is 0 Å². The zero-order chi connectivity index (χ0) is 4.00. The first-order chi connectivity index (χ1) is 2.00. The molecule has 0 aliphatic heterocycles. The fourth-order valence-corrected chi connectivity index (χ4v) is 0. The monoisotopic (exact) mass is 115 g/mol. The molecule has 0 fully saturated rings. The Balaban J connectivity index is -0.0000000133. The van der Waals surface area contributed by atoms with E-state index in [1.807, 2.05) is 0 Å². The first-order valence-electron chi connectivity index (χ1n) is 1.000. The van der Waals surface area contributed by atoms with E-state index in [4.69, 9.17) is 0 Å². The molecule has 0 rings (SSSR count). The quantitative estimate of drug-likeness (QED) is 0.420. The summed E-state index contributed by atoms with van der Waals surface area (Å²) in [4.78, 5) is 0. The van der Waals surface area contributed by atoms with Crippen molar-refractivity contribution in [3.8, 4) is 0 Å². The standard InChI is InChI=1S/2C2H4.Co/c2*1-2;/h2*1-2H2;. The second-order valence-corrected chi connectivity index (χ2v) is 0. The van der Waals surface area contributed by atoms with Gasteiger partial charge in [0.25, 0.3) is 0 Å². The molecule has 0 aromatic carbocycles. The van der Waals surface area contributed by atoms with Gasteiger partial charge < -0.3 is 0 Å². The van der Waals surface area contributed by atoms with Crippen molar-refractivity contribution >= 4 is 0 Å². The Labute approximate surface area is 43.8 Å². The van der Waals surface area contributed by atoms with Crippen LogP contribution in [0.2, 0.25) is 0 Å². The van der Waals surface area contributed by atoms with Gasteiger partial charge in [0.1, 0.15) is 0 Å². The second-order valence-electron chi connectivity index (χ2n) is 0. The van der Waals surface area contributed by atoms with E-state index in [0.717, 1.165) is 0 Å². The molecule has 0 saturated carbocycles. The summed E-state index contributed by atoms with van der Waals surface area (Å²) in [6.07, 6.45) is 0.